The van der Waals surface area contributed by atoms with E-state index >= 15 is 0 Å². The molecule has 0 aliphatic heterocycles. The molecule has 56 valence electrons. The van der Waals surface area contributed by atoms with E-state index in [4.69, 9.17) is 10.8 Å². The summed E-state index contributed by atoms with van der Waals surface area (Å²) in [6.07, 6.45) is -1.23. The fourth-order valence-electron chi connectivity index (χ4n) is 0.304. The predicted molar refractivity (Wildman–Crippen MR) is 29.6 cm³/mol. The average molecular weight is 154 g/mol. The molecule has 1 atom stereocenters. The van der Waals surface area contributed by atoms with Gasteiger partial charge in [0.25, 0.3) is 0 Å². The summed E-state index contributed by atoms with van der Waals surface area (Å²) in [6.45, 7) is -0.207. The molecule has 0 bridgehead atoms. The third kappa shape index (κ3) is 5.71. The summed E-state index contributed by atoms with van der Waals surface area (Å²) in [4.78, 5) is 0. The van der Waals surface area contributed by atoms with Crippen LogP contribution in [-0.2, 0) is 10.1 Å². The maximum atomic E-state index is 9.83. The molecule has 0 heterocycles. The molecule has 0 rings (SSSR count). The van der Waals surface area contributed by atoms with Gasteiger partial charge in [-0.05, 0) is 0 Å². The smallest absolute Gasteiger partial charge is 0.0972 e. The van der Waals surface area contributed by atoms with Gasteiger partial charge in [0, 0.05) is 6.54 Å². The van der Waals surface area contributed by atoms with E-state index < -0.39 is 22.0 Å². The Bertz CT molecular complexity index is 163. The lowest BCUT2D eigenvalue weighted by molar-refractivity contribution is 0.203. The van der Waals surface area contributed by atoms with Gasteiger partial charge in [0.1, 0.15) is 0 Å². The molecular weight excluding hydrogens is 146 g/mol. The van der Waals surface area contributed by atoms with E-state index in [0.717, 1.165) is 0 Å². The highest BCUT2D eigenvalue weighted by Gasteiger charge is 2.04. The van der Waals surface area contributed by atoms with Crippen LogP contribution in [0.15, 0.2) is 0 Å². The second-order valence-electron chi connectivity index (χ2n) is 1.61. The van der Waals surface area contributed by atoms with Crippen molar-refractivity contribution in [2.24, 2.45) is 5.73 Å². The minimum Gasteiger partial charge on any atom is -0.748 e. The molecule has 0 aromatic heterocycles. The third-order valence-corrected chi connectivity index (χ3v) is 1.46. The molecule has 3 N–H and O–H groups in total. The second-order valence-corrected chi connectivity index (χ2v) is 3.06. The molecule has 0 amide bonds. The van der Waals surface area contributed by atoms with Crippen molar-refractivity contribution < 1.29 is 18.1 Å². The molecular formula is C3H8NO4S-. The van der Waals surface area contributed by atoms with Crippen molar-refractivity contribution in [1.29, 1.82) is 0 Å². The van der Waals surface area contributed by atoms with Crippen LogP contribution < -0.4 is 5.73 Å². The number of aliphatic hydroxyl groups excluding tert-OH is 1. The first-order chi connectivity index (χ1) is 3.95. The van der Waals surface area contributed by atoms with Gasteiger partial charge in [0.15, 0.2) is 0 Å². The number of aliphatic hydroxyl groups is 1. The van der Waals surface area contributed by atoms with Crippen LogP contribution in [0.25, 0.3) is 0 Å². The monoisotopic (exact) mass is 154 g/mol. The molecule has 0 aliphatic rings. The third-order valence-electron chi connectivity index (χ3n) is 0.669. The van der Waals surface area contributed by atoms with Crippen LogP contribution >= 0.6 is 0 Å². The summed E-state index contributed by atoms with van der Waals surface area (Å²) >= 11 is 0. The lowest BCUT2D eigenvalue weighted by Gasteiger charge is -2.09. The van der Waals surface area contributed by atoms with Gasteiger partial charge in [0.2, 0.25) is 0 Å². The molecule has 0 aromatic carbocycles. The Morgan fingerprint density at radius 1 is 1.67 bits per heavy atom. The first-order valence-electron chi connectivity index (χ1n) is 2.27. The zero-order valence-corrected chi connectivity index (χ0v) is 5.47. The van der Waals surface area contributed by atoms with Gasteiger partial charge in [-0.3, -0.25) is 0 Å². The lowest BCUT2D eigenvalue weighted by atomic mass is 10.4. The molecule has 0 aromatic rings. The fraction of sp³-hybridized carbons (Fsp3) is 1.00. The first-order valence-corrected chi connectivity index (χ1v) is 3.85. The zero-order valence-electron chi connectivity index (χ0n) is 4.65. The molecule has 5 nitrogen and oxygen atoms in total. The summed E-state index contributed by atoms with van der Waals surface area (Å²) in [5, 5.41) is 8.49. The van der Waals surface area contributed by atoms with E-state index in [1.165, 1.54) is 0 Å². The van der Waals surface area contributed by atoms with Gasteiger partial charge in [-0.15, -0.1) is 0 Å². The normalized spacial score (nSPS) is 15.4. The number of hydrogen-bond donors (Lipinski definition) is 2. The van der Waals surface area contributed by atoms with Gasteiger partial charge >= 0.3 is 0 Å². The zero-order chi connectivity index (χ0) is 7.49. The molecule has 0 radical (unpaired) electrons. The van der Waals surface area contributed by atoms with Crippen LogP contribution in [-0.4, -0.2) is 36.5 Å². The highest BCUT2D eigenvalue weighted by atomic mass is 32.2. The second kappa shape index (κ2) is 3.11. The van der Waals surface area contributed by atoms with E-state index in [2.05, 4.69) is 0 Å². The van der Waals surface area contributed by atoms with Crippen molar-refractivity contribution in [3.63, 3.8) is 0 Å². The Morgan fingerprint density at radius 2 is 2.11 bits per heavy atom. The van der Waals surface area contributed by atoms with E-state index in [1.807, 2.05) is 0 Å². The van der Waals surface area contributed by atoms with E-state index in [-0.39, 0.29) is 6.54 Å². The van der Waals surface area contributed by atoms with Crippen LogP contribution in [0.2, 0.25) is 0 Å². The van der Waals surface area contributed by atoms with Crippen molar-refractivity contribution in [3.8, 4) is 0 Å². The topological polar surface area (TPSA) is 103 Å². The van der Waals surface area contributed by atoms with Crippen LogP contribution in [0, 0.1) is 0 Å². The highest BCUT2D eigenvalue weighted by Crippen LogP contribution is 1.86. The Morgan fingerprint density at radius 3 is 2.22 bits per heavy atom. The van der Waals surface area contributed by atoms with Crippen LogP contribution in [0.5, 0.6) is 0 Å². The standard InChI is InChI=1S/C3H9NO4S/c4-1-3(5)2-9(6,7)8/h3,5H,1-2,4H2,(H,6,7,8)/p-1. The summed E-state index contributed by atoms with van der Waals surface area (Å²) in [5.41, 5.74) is 4.83. The highest BCUT2D eigenvalue weighted by molar-refractivity contribution is 7.85. The van der Waals surface area contributed by atoms with E-state index in [0.29, 0.717) is 0 Å². The van der Waals surface area contributed by atoms with Gasteiger partial charge in [-0.1, -0.05) is 0 Å². The summed E-state index contributed by atoms with van der Waals surface area (Å²) < 4.78 is 29.5. The fourth-order valence-corrected chi connectivity index (χ4v) is 0.911. The minimum atomic E-state index is -4.32. The molecule has 9 heavy (non-hydrogen) atoms. The number of nitrogens with two attached hydrogens (primary N) is 1. The van der Waals surface area contributed by atoms with Crippen molar-refractivity contribution >= 4 is 10.1 Å². The van der Waals surface area contributed by atoms with Crippen LogP contribution in [0.1, 0.15) is 0 Å². The quantitative estimate of drug-likeness (QED) is 0.451. The van der Waals surface area contributed by atoms with Crippen molar-refractivity contribution in [3.05, 3.63) is 0 Å². The van der Waals surface area contributed by atoms with Crippen LogP contribution in [0.4, 0.5) is 0 Å². The maximum absolute atomic E-state index is 9.83. The lowest BCUT2D eigenvalue weighted by Crippen LogP contribution is -2.28. The van der Waals surface area contributed by atoms with Gasteiger partial charge in [-0.2, -0.15) is 0 Å². The first kappa shape index (κ1) is 8.83. The largest absolute Gasteiger partial charge is 0.748 e. The predicted octanol–water partition coefficient (Wildman–Crippen LogP) is -2.15. The molecule has 0 saturated heterocycles. The molecule has 0 aliphatic carbocycles. The van der Waals surface area contributed by atoms with Crippen molar-refractivity contribution in [1.82, 2.24) is 0 Å². The molecule has 0 fully saturated rings. The molecule has 0 spiro atoms. The molecule has 0 saturated carbocycles. The van der Waals surface area contributed by atoms with Gasteiger partial charge in [0.05, 0.1) is 22.0 Å². The van der Waals surface area contributed by atoms with Crippen molar-refractivity contribution in [2.45, 2.75) is 6.10 Å². The average Bonchev–Trinajstić information content (AvgIpc) is 1.62. The Balaban J connectivity index is 3.75. The minimum absolute atomic E-state index is 0.207. The van der Waals surface area contributed by atoms with E-state index in [1.54, 1.807) is 0 Å². The Kier molecular flexibility index (Phi) is 3.06. The number of rotatable bonds is 3. The SMILES string of the molecule is NCC(O)CS(=O)(=O)[O-]. The molecule has 6 heteroatoms. The van der Waals surface area contributed by atoms with Gasteiger partial charge in [-0.25, -0.2) is 8.42 Å². The summed E-state index contributed by atoms with van der Waals surface area (Å²) in [6, 6.07) is 0. The van der Waals surface area contributed by atoms with E-state index in [9.17, 15) is 13.0 Å². The Labute approximate surface area is 53.2 Å². The molecule has 1 unspecified atom stereocenters. The van der Waals surface area contributed by atoms with Crippen LogP contribution in [0.3, 0.4) is 0 Å². The maximum Gasteiger partial charge on any atom is 0.0972 e. The summed E-state index contributed by atoms with van der Waals surface area (Å²) in [5.74, 6) is -0.802. The van der Waals surface area contributed by atoms with Gasteiger partial charge < -0.3 is 15.4 Å². The number of hydrogen-bond acceptors (Lipinski definition) is 5. The Hall–Kier alpha value is -0.170. The van der Waals surface area contributed by atoms with Crippen molar-refractivity contribution in [2.75, 3.05) is 12.3 Å². The summed E-state index contributed by atoms with van der Waals surface area (Å²) in [7, 11) is -4.32.